The largest absolute Gasteiger partial charge is 0.396 e. The Morgan fingerprint density at radius 3 is 2.37 bits per heavy atom. The summed E-state index contributed by atoms with van der Waals surface area (Å²) in [6.07, 6.45) is 0. The van der Waals surface area contributed by atoms with Gasteiger partial charge in [0.05, 0.1) is 22.6 Å². The third-order valence-corrected chi connectivity index (χ3v) is 2.62. The number of halogens is 1. The van der Waals surface area contributed by atoms with Crippen molar-refractivity contribution >= 4 is 17.1 Å². The molecule has 4 nitrogen and oxygen atoms in total. The van der Waals surface area contributed by atoms with Crippen molar-refractivity contribution in [2.24, 2.45) is 0 Å². The summed E-state index contributed by atoms with van der Waals surface area (Å²) in [5.74, 6) is -0.609. The van der Waals surface area contributed by atoms with Crippen LogP contribution in [0.3, 0.4) is 0 Å². The van der Waals surface area contributed by atoms with E-state index in [0.717, 1.165) is 0 Å². The quantitative estimate of drug-likeness (QED) is 0.804. The van der Waals surface area contributed by atoms with Crippen molar-refractivity contribution < 1.29 is 4.39 Å². The number of anilines is 3. The zero-order valence-corrected chi connectivity index (χ0v) is 9.81. The first-order valence-electron chi connectivity index (χ1n) is 5.41. The maximum absolute atomic E-state index is 13.5. The minimum absolute atomic E-state index is 0.0933. The number of nitrogens with one attached hydrogen (secondary N) is 1. The van der Waals surface area contributed by atoms with Crippen molar-refractivity contribution in [3.63, 3.8) is 0 Å². The van der Waals surface area contributed by atoms with E-state index in [-0.39, 0.29) is 11.3 Å². The van der Waals surface area contributed by atoms with E-state index in [2.05, 4.69) is 5.32 Å². The predicted molar refractivity (Wildman–Crippen MR) is 70.0 cm³/mol. The van der Waals surface area contributed by atoms with E-state index in [1.807, 2.05) is 6.07 Å². The lowest BCUT2D eigenvalue weighted by atomic mass is 10.1. The van der Waals surface area contributed by atoms with Gasteiger partial charge in [-0.15, -0.1) is 0 Å². The average Bonchev–Trinajstić information content (AvgIpc) is 2.41. The molecule has 0 aliphatic carbocycles. The second kappa shape index (κ2) is 5.07. The Morgan fingerprint density at radius 1 is 1.00 bits per heavy atom. The SMILES string of the molecule is N#Cc1cccc(Nc2cccc(F)c2C#N)c1N. The molecule has 0 aliphatic heterocycles. The first kappa shape index (κ1) is 12.4. The van der Waals surface area contributed by atoms with Crippen LogP contribution in [-0.2, 0) is 0 Å². The highest BCUT2D eigenvalue weighted by Crippen LogP contribution is 2.28. The van der Waals surface area contributed by atoms with Crippen molar-refractivity contribution in [3.8, 4) is 12.1 Å². The Labute approximate surface area is 109 Å². The number of benzene rings is 2. The molecule has 2 aromatic carbocycles. The monoisotopic (exact) mass is 252 g/mol. The Bertz CT molecular complexity index is 710. The van der Waals surface area contributed by atoms with Gasteiger partial charge in [0.2, 0.25) is 0 Å². The number of para-hydroxylation sites is 1. The molecular formula is C14H9FN4. The third-order valence-electron chi connectivity index (χ3n) is 2.62. The van der Waals surface area contributed by atoms with Crippen molar-refractivity contribution in [2.75, 3.05) is 11.1 Å². The topological polar surface area (TPSA) is 85.6 Å². The van der Waals surface area contributed by atoms with Crippen LogP contribution >= 0.6 is 0 Å². The molecule has 0 aromatic heterocycles. The fraction of sp³-hybridized carbons (Fsp3) is 0. The minimum atomic E-state index is -0.609. The Kier molecular flexibility index (Phi) is 3.31. The van der Waals surface area contributed by atoms with Gasteiger partial charge in [0.15, 0.2) is 0 Å². The zero-order valence-electron chi connectivity index (χ0n) is 9.81. The maximum Gasteiger partial charge on any atom is 0.143 e. The summed E-state index contributed by atoms with van der Waals surface area (Å²) in [4.78, 5) is 0. The molecule has 5 heteroatoms. The van der Waals surface area contributed by atoms with Crippen LogP contribution in [0.5, 0.6) is 0 Å². The normalized spacial score (nSPS) is 9.42. The lowest BCUT2D eigenvalue weighted by molar-refractivity contribution is 0.624. The van der Waals surface area contributed by atoms with E-state index in [9.17, 15) is 4.39 Å². The molecule has 0 heterocycles. The van der Waals surface area contributed by atoms with Crippen molar-refractivity contribution in [2.45, 2.75) is 0 Å². The van der Waals surface area contributed by atoms with Gasteiger partial charge < -0.3 is 11.1 Å². The first-order valence-corrected chi connectivity index (χ1v) is 5.41. The first-order chi connectivity index (χ1) is 9.17. The number of hydrogen-bond donors (Lipinski definition) is 2. The summed E-state index contributed by atoms with van der Waals surface area (Å²) in [5, 5.41) is 20.7. The summed E-state index contributed by atoms with van der Waals surface area (Å²) in [7, 11) is 0. The van der Waals surface area contributed by atoms with Crippen LogP contribution in [0.25, 0.3) is 0 Å². The summed E-state index contributed by atoms with van der Waals surface area (Å²) in [5.41, 5.74) is 7.07. The van der Waals surface area contributed by atoms with E-state index >= 15 is 0 Å². The van der Waals surface area contributed by atoms with E-state index in [1.54, 1.807) is 30.3 Å². The smallest absolute Gasteiger partial charge is 0.143 e. The highest BCUT2D eigenvalue weighted by molar-refractivity contribution is 5.79. The summed E-state index contributed by atoms with van der Waals surface area (Å²) in [6.45, 7) is 0. The second-order valence-corrected chi connectivity index (χ2v) is 3.78. The van der Waals surface area contributed by atoms with Crippen molar-refractivity contribution in [1.29, 1.82) is 10.5 Å². The van der Waals surface area contributed by atoms with Gasteiger partial charge >= 0.3 is 0 Å². The van der Waals surface area contributed by atoms with Gasteiger partial charge in [0, 0.05) is 0 Å². The number of rotatable bonds is 2. The molecule has 2 rings (SSSR count). The van der Waals surface area contributed by atoms with E-state index < -0.39 is 5.82 Å². The molecule has 0 fully saturated rings. The average molecular weight is 252 g/mol. The highest BCUT2D eigenvalue weighted by Gasteiger charge is 2.10. The molecule has 0 aliphatic rings. The Morgan fingerprint density at radius 2 is 1.68 bits per heavy atom. The van der Waals surface area contributed by atoms with Crippen LogP contribution in [0.2, 0.25) is 0 Å². The lowest BCUT2D eigenvalue weighted by Gasteiger charge is -2.11. The molecule has 0 radical (unpaired) electrons. The molecule has 0 atom stereocenters. The second-order valence-electron chi connectivity index (χ2n) is 3.78. The lowest BCUT2D eigenvalue weighted by Crippen LogP contribution is -2.01. The highest BCUT2D eigenvalue weighted by atomic mass is 19.1. The maximum atomic E-state index is 13.5. The van der Waals surface area contributed by atoms with Gasteiger partial charge in [-0.3, -0.25) is 0 Å². The van der Waals surface area contributed by atoms with E-state index in [1.165, 1.54) is 12.1 Å². The zero-order chi connectivity index (χ0) is 13.8. The predicted octanol–water partition coefficient (Wildman–Crippen LogP) is 2.89. The fourth-order valence-corrected chi connectivity index (χ4v) is 1.66. The standard InChI is InChI=1S/C14H9FN4/c15-11-4-2-5-12(10(11)8-17)19-13-6-1-3-9(7-16)14(13)18/h1-6,19H,18H2. The van der Waals surface area contributed by atoms with E-state index in [0.29, 0.717) is 16.9 Å². The summed E-state index contributed by atoms with van der Waals surface area (Å²) >= 11 is 0. The van der Waals surface area contributed by atoms with Crippen LogP contribution in [0, 0.1) is 28.5 Å². The van der Waals surface area contributed by atoms with Crippen LogP contribution < -0.4 is 11.1 Å². The van der Waals surface area contributed by atoms with Gasteiger partial charge in [0.25, 0.3) is 0 Å². The van der Waals surface area contributed by atoms with Gasteiger partial charge in [-0.05, 0) is 24.3 Å². The molecule has 0 amide bonds. The number of hydrogen-bond acceptors (Lipinski definition) is 4. The fourth-order valence-electron chi connectivity index (χ4n) is 1.66. The van der Waals surface area contributed by atoms with Gasteiger partial charge in [-0.1, -0.05) is 12.1 Å². The van der Waals surface area contributed by atoms with Crippen LogP contribution in [-0.4, -0.2) is 0 Å². The van der Waals surface area contributed by atoms with Crippen molar-refractivity contribution in [1.82, 2.24) is 0 Å². The summed E-state index contributed by atoms with van der Waals surface area (Å²) < 4.78 is 13.5. The number of nitrogens with two attached hydrogens (primary N) is 1. The molecule has 0 saturated heterocycles. The Hall–Kier alpha value is -3.05. The van der Waals surface area contributed by atoms with Crippen LogP contribution in [0.15, 0.2) is 36.4 Å². The van der Waals surface area contributed by atoms with Gasteiger partial charge in [-0.2, -0.15) is 10.5 Å². The molecule has 19 heavy (non-hydrogen) atoms. The van der Waals surface area contributed by atoms with Crippen LogP contribution in [0.1, 0.15) is 11.1 Å². The third kappa shape index (κ3) is 2.31. The Balaban J connectivity index is 2.47. The van der Waals surface area contributed by atoms with Gasteiger partial charge in [-0.25, -0.2) is 4.39 Å². The molecule has 0 spiro atoms. The molecule has 3 N–H and O–H groups in total. The van der Waals surface area contributed by atoms with E-state index in [4.69, 9.17) is 16.3 Å². The minimum Gasteiger partial charge on any atom is -0.396 e. The summed E-state index contributed by atoms with van der Waals surface area (Å²) in [6, 6.07) is 12.9. The number of nitrogens with zero attached hydrogens (tertiary/aromatic N) is 2. The molecule has 0 saturated carbocycles. The molecule has 92 valence electrons. The molecular weight excluding hydrogens is 243 g/mol. The molecule has 0 unspecified atom stereocenters. The van der Waals surface area contributed by atoms with Crippen LogP contribution in [0.4, 0.5) is 21.5 Å². The van der Waals surface area contributed by atoms with Gasteiger partial charge in [0.1, 0.15) is 23.5 Å². The van der Waals surface area contributed by atoms with Crippen molar-refractivity contribution in [3.05, 3.63) is 53.3 Å². The molecule has 0 bridgehead atoms. The number of nitriles is 2. The molecule has 2 aromatic rings. The number of nitrogen functional groups attached to an aromatic ring is 1.